The lowest BCUT2D eigenvalue weighted by molar-refractivity contribution is -0.137. The minimum Gasteiger partial charge on any atom is -0.481 e. The number of nitrogens with zero attached hydrogens (tertiary/aromatic N) is 1. The summed E-state index contributed by atoms with van der Waals surface area (Å²) in [6.07, 6.45) is 10.4. The summed E-state index contributed by atoms with van der Waals surface area (Å²) in [6.45, 7) is 0.882. The van der Waals surface area contributed by atoms with E-state index in [1.54, 1.807) is 4.90 Å². The van der Waals surface area contributed by atoms with Crippen LogP contribution >= 0.6 is 24.0 Å². The van der Waals surface area contributed by atoms with Gasteiger partial charge in [0.25, 0.3) is 5.91 Å². The largest absolute Gasteiger partial charge is 0.481 e. The van der Waals surface area contributed by atoms with Crippen LogP contribution in [0.25, 0.3) is 6.08 Å². The molecule has 1 saturated heterocycles. The van der Waals surface area contributed by atoms with Crippen LogP contribution in [0.1, 0.15) is 63.4 Å². The fraction of sp³-hybridized carbons (Fsp3) is 0.500. The predicted octanol–water partition coefficient (Wildman–Crippen LogP) is 5.21. The zero-order chi connectivity index (χ0) is 21.3. The second kappa shape index (κ2) is 11.4. The third-order valence-corrected chi connectivity index (χ3v) is 6.47. The molecular weight excluding hydrogens is 422 g/mol. The number of rotatable bonds is 12. The molecule has 6 nitrogen and oxygen atoms in total. The number of carboxylic acids is 1. The van der Waals surface area contributed by atoms with Crippen LogP contribution in [0, 0.1) is 0 Å². The Kier molecular flexibility index (Phi) is 8.57. The number of aliphatic carboxylic acids is 1. The van der Waals surface area contributed by atoms with Gasteiger partial charge in [-0.05, 0) is 36.6 Å². The van der Waals surface area contributed by atoms with Crippen LogP contribution < -0.4 is 9.47 Å². The van der Waals surface area contributed by atoms with Crippen molar-refractivity contribution >= 4 is 46.3 Å². The Morgan fingerprint density at radius 3 is 2.47 bits per heavy atom. The maximum Gasteiger partial charge on any atom is 0.303 e. The Morgan fingerprint density at radius 1 is 1.07 bits per heavy atom. The van der Waals surface area contributed by atoms with E-state index in [0.717, 1.165) is 62.7 Å². The number of unbranched alkanes of at least 4 members (excludes halogenated alkanes) is 7. The Balaban J connectivity index is 1.36. The van der Waals surface area contributed by atoms with Crippen molar-refractivity contribution in [3.05, 3.63) is 28.7 Å². The number of fused-ring (bicyclic) bond motifs is 1. The molecule has 30 heavy (non-hydrogen) atoms. The van der Waals surface area contributed by atoms with Crippen molar-refractivity contribution in [3.8, 4) is 11.5 Å². The van der Waals surface area contributed by atoms with Crippen LogP contribution in [-0.2, 0) is 9.59 Å². The van der Waals surface area contributed by atoms with E-state index in [1.807, 2.05) is 24.3 Å². The van der Waals surface area contributed by atoms with Crippen molar-refractivity contribution < 1.29 is 24.2 Å². The summed E-state index contributed by atoms with van der Waals surface area (Å²) in [5.41, 5.74) is 0.892. The van der Waals surface area contributed by atoms with Crippen molar-refractivity contribution in [3.63, 3.8) is 0 Å². The van der Waals surface area contributed by atoms with Gasteiger partial charge in [-0.3, -0.25) is 14.5 Å². The second-order valence-electron chi connectivity index (χ2n) is 7.42. The third-order valence-electron chi connectivity index (χ3n) is 5.09. The van der Waals surface area contributed by atoms with Crippen LogP contribution in [0.5, 0.6) is 11.5 Å². The van der Waals surface area contributed by atoms with Crippen LogP contribution in [-0.4, -0.2) is 39.5 Å². The number of carboxylic acid groups (broad SMARTS) is 1. The molecule has 0 spiro atoms. The zero-order valence-corrected chi connectivity index (χ0v) is 18.6. The molecule has 1 amide bonds. The maximum absolute atomic E-state index is 12.7. The van der Waals surface area contributed by atoms with Crippen molar-refractivity contribution in [1.29, 1.82) is 0 Å². The first-order valence-electron chi connectivity index (χ1n) is 10.4. The summed E-state index contributed by atoms with van der Waals surface area (Å²) < 4.78 is 11.3. The molecule has 0 aromatic heterocycles. The van der Waals surface area contributed by atoms with Crippen LogP contribution in [0.3, 0.4) is 0 Å². The number of hydrogen-bond acceptors (Lipinski definition) is 6. The molecule has 1 fully saturated rings. The van der Waals surface area contributed by atoms with Gasteiger partial charge in [0, 0.05) is 13.0 Å². The predicted molar refractivity (Wildman–Crippen MR) is 122 cm³/mol. The minimum atomic E-state index is -0.712. The maximum atomic E-state index is 12.7. The van der Waals surface area contributed by atoms with Gasteiger partial charge >= 0.3 is 5.97 Å². The first kappa shape index (κ1) is 22.6. The van der Waals surface area contributed by atoms with Crippen molar-refractivity contribution in [2.45, 2.75) is 57.8 Å². The average molecular weight is 450 g/mol. The number of carbonyl (C=O) groups is 2. The fourth-order valence-corrected chi connectivity index (χ4v) is 4.76. The monoisotopic (exact) mass is 449 g/mol. The Bertz CT molecular complexity index is 824. The van der Waals surface area contributed by atoms with Gasteiger partial charge in [-0.25, -0.2) is 0 Å². The number of hydrogen-bond donors (Lipinski definition) is 1. The Hall–Kier alpha value is -2.06. The van der Waals surface area contributed by atoms with Gasteiger partial charge < -0.3 is 14.6 Å². The molecule has 3 rings (SSSR count). The molecule has 0 atom stereocenters. The van der Waals surface area contributed by atoms with E-state index in [1.165, 1.54) is 11.8 Å². The molecule has 2 aliphatic rings. The number of ether oxygens (including phenoxy) is 2. The Morgan fingerprint density at radius 2 is 1.73 bits per heavy atom. The molecule has 1 N–H and O–H groups in total. The molecule has 0 radical (unpaired) electrons. The smallest absolute Gasteiger partial charge is 0.303 e. The normalized spacial score (nSPS) is 16.7. The van der Waals surface area contributed by atoms with Gasteiger partial charge in [0.2, 0.25) is 6.79 Å². The van der Waals surface area contributed by atoms with E-state index >= 15 is 0 Å². The lowest BCUT2D eigenvalue weighted by Crippen LogP contribution is -2.29. The van der Waals surface area contributed by atoms with Gasteiger partial charge in [-0.2, -0.15) is 0 Å². The Labute approximate surface area is 186 Å². The lowest BCUT2D eigenvalue weighted by Gasteiger charge is -2.14. The summed E-state index contributed by atoms with van der Waals surface area (Å²) in [5.74, 6) is 0.679. The highest BCUT2D eigenvalue weighted by Gasteiger charge is 2.31. The summed E-state index contributed by atoms with van der Waals surface area (Å²) in [5, 5.41) is 8.61. The molecule has 2 aliphatic heterocycles. The van der Waals surface area contributed by atoms with E-state index in [2.05, 4.69) is 0 Å². The third kappa shape index (κ3) is 6.47. The highest BCUT2D eigenvalue weighted by atomic mass is 32.2. The van der Waals surface area contributed by atoms with E-state index in [9.17, 15) is 9.59 Å². The number of carbonyl (C=O) groups excluding carboxylic acids is 1. The first-order valence-corrected chi connectivity index (χ1v) is 11.6. The van der Waals surface area contributed by atoms with E-state index < -0.39 is 5.97 Å². The SMILES string of the molecule is O=C(O)CCCCCCCCCCN1C(=O)/C(=C/c2ccc3c(c2)OCO3)SC1=S. The molecule has 0 unspecified atom stereocenters. The number of amides is 1. The molecular formula is C22H27NO5S2. The molecule has 0 saturated carbocycles. The van der Waals surface area contributed by atoms with Gasteiger partial charge in [0.05, 0.1) is 4.91 Å². The second-order valence-corrected chi connectivity index (χ2v) is 9.09. The van der Waals surface area contributed by atoms with Gasteiger partial charge in [-0.1, -0.05) is 68.6 Å². The lowest BCUT2D eigenvalue weighted by atomic mass is 10.1. The number of thiocarbonyl (C=S) groups is 1. The molecule has 1 aromatic rings. The zero-order valence-electron chi connectivity index (χ0n) is 16.9. The van der Waals surface area contributed by atoms with E-state index in [0.29, 0.717) is 21.5 Å². The molecule has 2 heterocycles. The first-order chi connectivity index (χ1) is 14.5. The topological polar surface area (TPSA) is 76.1 Å². The highest BCUT2D eigenvalue weighted by molar-refractivity contribution is 8.26. The van der Waals surface area contributed by atoms with Gasteiger partial charge in [0.1, 0.15) is 4.32 Å². The minimum absolute atomic E-state index is 0.0268. The summed E-state index contributed by atoms with van der Waals surface area (Å²) in [7, 11) is 0. The van der Waals surface area contributed by atoms with Crippen LogP contribution in [0.4, 0.5) is 0 Å². The molecule has 0 aliphatic carbocycles. The average Bonchev–Trinajstić information content (AvgIpc) is 3.28. The highest BCUT2D eigenvalue weighted by Crippen LogP contribution is 2.36. The van der Waals surface area contributed by atoms with Crippen molar-refractivity contribution in [2.24, 2.45) is 0 Å². The molecule has 0 bridgehead atoms. The van der Waals surface area contributed by atoms with Gasteiger partial charge in [0.15, 0.2) is 11.5 Å². The number of benzene rings is 1. The van der Waals surface area contributed by atoms with Crippen molar-refractivity contribution in [1.82, 2.24) is 4.90 Å². The number of thioether (sulfide) groups is 1. The fourth-order valence-electron chi connectivity index (χ4n) is 3.45. The van der Waals surface area contributed by atoms with Gasteiger partial charge in [-0.15, -0.1) is 0 Å². The van der Waals surface area contributed by atoms with E-state index in [-0.39, 0.29) is 19.1 Å². The molecule has 1 aromatic carbocycles. The molecule has 162 valence electrons. The summed E-state index contributed by atoms with van der Waals surface area (Å²) in [6, 6.07) is 5.62. The van der Waals surface area contributed by atoms with Crippen LogP contribution in [0.15, 0.2) is 23.1 Å². The van der Waals surface area contributed by atoms with Crippen LogP contribution in [0.2, 0.25) is 0 Å². The standard InChI is InChI=1S/C22H27NO5S2/c24-20(25)9-7-5-3-1-2-4-6-8-12-23-21(26)19(30-22(23)29)14-16-10-11-17-18(13-16)28-15-27-17/h10-11,13-14H,1-9,12,15H2,(H,24,25)/b19-14-. The van der Waals surface area contributed by atoms with E-state index in [4.69, 9.17) is 26.8 Å². The molecule has 8 heteroatoms. The summed E-state index contributed by atoms with van der Waals surface area (Å²) in [4.78, 5) is 25.5. The van der Waals surface area contributed by atoms with Crippen molar-refractivity contribution in [2.75, 3.05) is 13.3 Å². The quantitative estimate of drug-likeness (QED) is 0.267. The summed E-state index contributed by atoms with van der Waals surface area (Å²) >= 11 is 6.76.